The van der Waals surface area contributed by atoms with Crippen molar-refractivity contribution < 1.29 is 34.0 Å². The zero-order valence-corrected chi connectivity index (χ0v) is 14.9. The number of hydrogen-bond donors (Lipinski definition) is 2. The molecule has 0 amide bonds. The molecule has 0 aliphatic heterocycles. The number of fused-ring (bicyclic) bond motifs is 1. The molecule has 0 fully saturated rings. The molecule has 0 saturated heterocycles. The minimum Gasteiger partial charge on any atom is -0.493 e. The number of ether oxygens (including phenoxy) is 3. The van der Waals surface area contributed by atoms with Crippen molar-refractivity contribution in [3.8, 4) is 28.6 Å². The number of benzene rings is 1. The zero-order chi connectivity index (χ0) is 20.0. The lowest BCUT2D eigenvalue weighted by molar-refractivity contribution is -0.159. The van der Waals surface area contributed by atoms with Crippen molar-refractivity contribution in [2.75, 3.05) is 21.3 Å². The number of methoxy groups -OCH3 is 3. The Kier molecular flexibility index (Phi) is 6.21. The zero-order valence-electron chi connectivity index (χ0n) is 14.9. The second kappa shape index (κ2) is 8.56. The van der Waals surface area contributed by atoms with E-state index in [0.717, 1.165) is 16.9 Å². The molecule has 2 heterocycles. The van der Waals surface area contributed by atoms with Gasteiger partial charge in [-0.2, -0.15) is 0 Å². The number of nitrogens with zero attached hydrogens (tertiary/aromatic N) is 2. The van der Waals surface area contributed by atoms with E-state index < -0.39 is 11.9 Å². The molecule has 0 spiro atoms. The van der Waals surface area contributed by atoms with Gasteiger partial charge in [0.1, 0.15) is 5.82 Å². The predicted molar refractivity (Wildman–Crippen MR) is 95.6 cm³/mol. The fraction of sp³-hybridized carbons (Fsp3) is 0.167. The van der Waals surface area contributed by atoms with Gasteiger partial charge in [0.2, 0.25) is 5.75 Å². The Hall–Kier alpha value is -3.75. The highest BCUT2D eigenvalue weighted by atomic mass is 16.5. The van der Waals surface area contributed by atoms with Crippen LogP contribution in [0.5, 0.6) is 17.2 Å². The summed E-state index contributed by atoms with van der Waals surface area (Å²) in [5, 5.41) is 14.8. The number of carbonyl (C=O) groups is 2. The first-order valence-corrected chi connectivity index (χ1v) is 7.61. The van der Waals surface area contributed by atoms with Gasteiger partial charge < -0.3 is 24.4 Å². The van der Waals surface area contributed by atoms with E-state index in [4.69, 9.17) is 34.0 Å². The molecule has 2 aromatic heterocycles. The lowest BCUT2D eigenvalue weighted by Gasteiger charge is -2.13. The molecule has 1 aromatic carbocycles. The predicted octanol–water partition coefficient (Wildman–Crippen LogP) is 2.18. The first kappa shape index (κ1) is 19.6. The summed E-state index contributed by atoms with van der Waals surface area (Å²) in [7, 11) is 4.79. The van der Waals surface area contributed by atoms with Crippen LogP contribution in [-0.4, -0.2) is 52.9 Å². The van der Waals surface area contributed by atoms with E-state index in [1.165, 1.54) is 0 Å². The highest BCUT2D eigenvalue weighted by Gasteiger charge is 2.16. The summed E-state index contributed by atoms with van der Waals surface area (Å²) in [4.78, 5) is 22.7. The Labute approximate surface area is 154 Å². The third kappa shape index (κ3) is 4.27. The van der Waals surface area contributed by atoms with Crippen LogP contribution in [0.15, 0.2) is 42.7 Å². The molecule has 27 heavy (non-hydrogen) atoms. The van der Waals surface area contributed by atoms with Crippen LogP contribution in [0.25, 0.3) is 16.9 Å². The van der Waals surface area contributed by atoms with Gasteiger partial charge in [-0.1, -0.05) is 6.07 Å². The van der Waals surface area contributed by atoms with Crippen molar-refractivity contribution in [1.82, 2.24) is 9.38 Å². The standard InChI is InChI=1S/C16H16N2O3.C2H2O4/c1-19-13-8-11(9-14(20-2)15(13)21-3)16-17-10-12-6-4-5-7-18(12)16;3-1(4)2(5)6/h4-10H,1-3H3;(H,3,4)(H,5,6). The molecule has 3 rings (SSSR count). The summed E-state index contributed by atoms with van der Waals surface area (Å²) in [5.41, 5.74) is 1.93. The van der Waals surface area contributed by atoms with Gasteiger partial charge in [-0.15, -0.1) is 0 Å². The normalized spacial score (nSPS) is 9.89. The third-order valence-corrected chi connectivity index (χ3v) is 3.54. The van der Waals surface area contributed by atoms with Crippen molar-refractivity contribution in [3.05, 3.63) is 42.7 Å². The van der Waals surface area contributed by atoms with E-state index in [2.05, 4.69) is 4.98 Å². The van der Waals surface area contributed by atoms with Crippen molar-refractivity contribution in [1.29, 1.82) is 0 Å². The Balaban J connectivity index is 0.000000380. The van der Waals surface area contributed by atoms with E-state index >= 15 is 0 Å². The molecular formula is C18H18N2O7. The van der Waals surface area contributed by atoms with E-state index in [9.17, 15) is 0 Å². The Morgan fingerprint density at radius 3 is 2.04 bits per heavy atom. The Morgan fingerprint density at radius 1 is 0.963 bits per heavy atom. The highest BCUT2D eigenvalue weighted by molar-refractivity contribution is 6.27. The Morgan fingerprint density at radius 2 is 1.56 bits per heavy atom. The summed E-state index contributed by atoms with van der Waals surface area (Å²) >= 11 is 0. The minimum atomic E-state index is -1.82. The van der Waals surface area contributed by atoms with Crippen LogP contribution in [0, 0.1) is 0 Å². The topological polar surface area (TPSA) is 120 Å². The molecule has 0 atom stereocenters. The van der Waals surface area contributed by atoms with Crippen molar-refractivity contribution in [2.45, 2.75) is 0 Å². The SMILES string of the molecule is COc1cc(-c2ncc3ccccn23)cc(OC)c1OC.O=C(O)C(=O)O. The average Bonchev–Trinajstić information content (AvgIpc) is 3.11. The van der Waals surface area contributed by atoms with Gasteiger partial charge in [-0.3, -0.25) is 4.40 Å². The molecular weight excluding hydrogens is 356 g/mol. The van der Waals surface area contributed by atoms with Crippen molar-refractivity contribution in [2.24, 2.45) is 0 Å². The molecule has 9 nitrogen and oxygen atoms in total. The van der Waals surface area contributed by atoms with Crippen molar-refractivity contribution >= 4 is 17.5 Å². The summed E-state index contributed by atoms with van der Waals surface area (Å²) in [6.45, 7) is 0. The summed E-state index contributed by atoms with van der Waals surface area (Å²) in [6, 6.07) is 9.74. The molecule has 0 bridgehead atoms. The van der Waals surface area contributed by atoms with Gasteiger partial charge >= 0.3 is 11.9 Å². The fourth-order valence-corrected chi connectivity index (χ4v) is 2.37. The maximum atomic E-state index is 9.10. The number of carboxylic acid groups (broad SMARTS) is 2. The number of aliphatic carboxylic acids is 2. The second-order valence-corrected chi connectivity index (χ2v) is 5.10. The molecule has 0 saturated carbocycles. The minimum absolute atomic E-state index is 0.574. The van der Waals surface area contributed by atoms with Gasteiger partial charge in [0.05, 0.1) is 33.0 Å². The fourth-order valence-electron chi connectivity index (χ4n) is 2.37. The lowest BCUT2D eigenvalue weighted by Crippen LogP contribution is -2.09. The van der Waals surface area contributed by atoms with Gasteiger partial charge in [0.15, 0.2) is 11.5 Å². The second-order valence-electron chi connectivity index (χ2n) is 5.10. The average molecular weight is 374 g/mol. The van der Waals surface area contributed by atoms with Crippen molar-refractivity contribution in [3.63, 3.8) is 0 Å². The number of pyridine rings is 1. The highest BCUT2D eigenvalue weighted by Crippen LogP contribution is 2.40. The molecule has 0 aliphatic rings. The number of carboxylic acids is 2. The molecule has 3 aromatic rings. The van der Waals surface area contributed by atoms with Crippen LogP contribution in [0.2, 0.25) is 0 Å². The van der Waals surface area contributed by atoms with Gasteiger partial charge in [0.25, 0.3) is 0 Å². The first-order valence-electron chi connectivity index (χ1n) is 7.61. The summed E-state index contributed by atoms with van der Waals surface area (Å²) in [6.07, 6.45) is 3.80. The molecule has 0 unspecified atom stereocenters. The number of rotatable bonds is 4. The maximum Gasteiger partial charge on any atom is 0.414 e. The van der Waals surface area contributed by atoms with E-state index in [1.54, 1.807) is 21.3 Å². The Bertz CT molecular complexity index is 928. The smallest absolute Gasteiger partial charge is 0.414 e. The maximum absolute atomic E-state index is 9.10. The van der Waals surface area contributed by atoms with Crippen LogP contribution in [0.4, 0.5) is 0 Å². The van der Waals surface area contributed by atoms with Gasteiger partial charge in [-0.05, 0) is 24.3 Å². The molecule has 9 heteroatoms. The van der Waals surface area contributed by atoms with Crippen LogP contribution in [0.3, 0.4) is 0 Å². The van der Waals surface area contributed by atoms with Gasteiger partial charge in [-0.25, -0.2) is 14.6 Å². The van der Waals surface area contributed by atoms with E-state index in [1.807, 2.05) is 47.1 Å². The van der Waals surface area contributed by atoms with Crippen LogP contribution in [0.1, 0.15) is 0 Å². The lowest BCUT2D eigenvalue weighted by atomic mass is 10.1. The van der Waals surface area contributed by atoms with Crippen LogP contribution in [-0.2, 0) is 9.59 Å². The quantitative estimate of drug-likeness (QED) is 0.667. The van der Waals surface area contributed by atoms with E-state index in [-0.39, 0.29) is 0 Å². The first-order chi connectivity index (χ1) is 12.9. The monoisotopic (exact) mass is 374 g/mol. The molecule has 0 aliphatic carbocycles. The summed E-state index contributed by atoms with van der Waals surface area (Å²) < 4.78 is 18.1. The number of hydrogen-bond acceptors (Lipinski definition) is 6. The van der Waals surface area contributed by atoms with Crippen LogP contribution >= 0.6 is 0 Å². The number of imidazole rings is 1. The largest absolute Gasteiger partial charge is 0.493 e. The summed E-state index contributed by atoms with van der Waals surface area (Å²) in [5.74, 6) is -1.03. The molecule has 0 radical (unpaired) electrons. The molecule has 142 valence electrons. The third-order valence-electron chi connectivity index (χ3n) is 3.54. The van der Waals surface area contributed by atoms with E-state index in [0.29, 0.717) is 17.2 Å². The molecule has 2 N–H and O–H groups in total. The van der Waals surface area contributed by atoms with Gasteiger partial charge in [0, 0.05) is 11.8 Å². The number of aromatic nitrogens is 2. The van der Waals surface area contributed by atoms with Crippen LogP contribution < -0.4 is 14.2 Å².